The molecule has 1 aromatic rings. The maximum Gasteiger partial charge on any atom is 0.0513 e. The largest absolute Gasteiger partial charge is 0.0893 e. The van der Waals surface area contributed by atoms with Gasteiger partial charge in [-0.15, -0.1) is 0 Å². The standard InChI is InChI=1S/C8H8BrN3/c1-6-2-3-8(9)4-7(6)5-11-12-10/h2-4H,5H2,1H3. The normalized spacial score (nSPS) is 9.17. The second-order valence-corrected chi connectivity index (χ2v) is 3.38. The Balaban J connectivity index is 2.96. The molecule has 0 N–H and O–H groups in total. The van der Waals surface area contributed by atoms with Crippen LogP contribution in [0.25, 0.3) is 10.4 Å². The lowest BCUT2D eigenvalue weighted by Gasteiger charge is -2.01. The average Bonchev–Trinajstić information content (AvgIpc) is 2.07. The fourth-order valence-electron chi connectivity index (χ4n) is 0.918. The van der Waals surface area contributed by atoms with Gasteiger partial charge in [0, 0.05) is 9.38 Å². The molecule has 0 aliphatic carbocycles. The molecule has 0 amide bonds. The summed E-state index contributed by atoms with van der Waals surface area (Å²) in [5, 5.41) is 3.50. The number of rotatable bonds is 2. The van der Waals surface area contributed by atoms with E-state index < -0.39 is 0 Å². The van der Waals surface area contributed by atoms with E-state index in [0.717, 1.165) is 15.6 Å². The van der Waals surface area contributed by atoms with Gasteiger partial charge in [0.05, 0.1) is 6.54 Å². The van der Waals surface area contributed by atoms with Gasteiger partial charge in [-0.3, -0.25) is 0 Å². The Morgan fingerprint density at radius 1 is 1.58 bits per heavy atom. The summed E-state index contributed by atoms with van der Waals surface area (Å²) in [6.45, 7) is 2.41. The van der Waals surface area contributed by atoms with Gasteiger partial charge >= 0.3 is 0 Å². The molecule has 3 nitrogen and oxygen atoms in total. The maximum absolute atomic E-state index is 8.13. The SMILES string of the molecule is Cc1ccc(Br)cc1CN=[N+]=[N-]. The lowest BCUT2D eigenvalue weighted by molar-refractivity contribution is 1.03. The molecule has 62 valence electrons. The predicted octanol–water partition coefficient (Wildman–Crippen LogP) is 3.57. The van der Waals surface area contributed by atoms with Crippen LogP contribution in [0.4, 0.5) is 0 Å². The Bertz CT molecular complexity index is 329. The molecule has 4 heteroatoms. The van der Waals surface area contributed by atoms with Gasteiger partial charge in [0.1, 0.15) is 0 Å². The smallest absolute Gasteiger partial charge is 0.0513 e. The van der Waals surface area contributed by atoms with E-state index in [1.165, 1.54) is 0 Å². The minimum absolute atomic E-state index is 0.418. The summed E-state index contributed by atoms with van der Waals surface area (Å²) in [6.07, 6.45) is 0. The third kappa shape index (κ3) is 2.26. The minimum atomic E-state index is 0.418. The highest BCUT2D eigenvalue weighted by atomic mass is 79.9. The van der Waals surface area contributed by atoms with Gasteiger partial charge in [-0.2, -0.15) is 0 Å². The van der Waals surface area contributed by atoms with Crippen LogP contribution in [-0.4, -0.2) is 0 Å². The zero-order valence-corrected chi connectivity index (χ0v) is 8.24. The third-order valence-electron chi connectivity index (χ3n) is 1.62. The molecule has 0 saturated heterocycles. The Labute approximate surface area is 79.2 Å². The molecule has 1 aromatic carbocycles. The molecule has 0 heterocycles. The molecule has 0 radical (unpaired) electrons. The monoisotopic (exact) mass is 225 g/mol. The molecular formula is C8H8BrN3. The maximum atomic E-state index is 8.13. The van der Waals surface area contributed by atoms with Gasteiger partial charge in [-0.05, 0) is 35.7 Å². The van der Waals surface area contributed by atoms with E-state index in [1.807, 2.05) is 25.1 Å². The van der Waals surface area contributed by atoms with Crippen LogP contribution in [0.3, 0.4) is 0 Å². The topological polar surface area (TPSA) is 48.8 Å². The first-order valence-corrected chi connectivity index (χ1v) is 4.29. The number of aryl methyl sites for hydroxylation is 1. The first-order valence-electron chi connectivity index (χ1n) is 3.50. The summed E-state index contributed by atoms with van der Waals surface area (Å²) in [7, 11) is 0. The number of hydrogen-bond donors (Lipinski definition) is 0. The van der Waals surface area contributed by atoms with Gasteiger partial charge in [0.15, 0.2) is 0 Å². The highest BCUT2D eigenvalue weighted by Gasteiger charge is 1.96. The molecule has 0 aliphatic rings. The molecule has 0 aromatic heterocycles. The van der Waals surface area contributed by atoms with Crippen molar-refractivity contribution in [3.05, 3.63) is 44.2 Å². The predicted molar refractivity (Wildman–Crippen MR) is 51.7 cm³/mol. The van der Waals surface area contributed by atoms with Crippen molar-refractivity contribution in [1.82, 2.24) is 0 Å². The summed E-state index contributed by atoms with van der Waals surface area (Å²) in [5.41, 5.74) is 10.3. The van der Waals surface area contributed by atoms with Crippen LogP contribution in [0.2, 0.25) is 0 Å². The van der Waals surface area contributed by atoms with Crippen molar-refractivity contribution in [2.75, 3.05) is 0 Å². The van der Waals surface area contributed by atoms with Crippen LogP contribution in [-0.2, 0) is 6.54 Å². The highest BCUT2D eigenvalue weighted by molar-refractivity contribution is 9.10. The van der Waals surface area contributed by atoms with E-state index in [1.54, 1.807) is 0 Å². The van der Waals surface area contributed by atoms with E-state index >= 15 is 0 Å². The first kappa shape index (κ1) is 9.10. The van der Waals surface area contributed by atoms with Crippen LogP contribution in [0.1, 0.15) is 11.1 Å². The molecular weight excluding hydrogens is 218 g/mol. The second kappa shape index (κ2) is 4.14. The molecule has 0 unspecified atom stereocenters. The molecule has 12 heavy (non-hydrogen) atoms. The molecule has 0 spiro atoms. The zero-order valence-electron chi connectivity index (χ0n) is 6.66. The van der Waals surface area contributed by atoms with E-state index in [2.05, 4.69) is 26.0 Å². The highest BCUT2D eigenvalue weighted by Crippen LogP contribution is 2.16. The number of benzene rings is 1. The van der Waals surface area contributed by atoms with E-state index in [9.17, 15) is 0 Å². The summed E-state index contributed by atoms with van der Waals surface area (Å²) < 4.78 is 1.01. The number of azide groups is 1. The Kier molecular flexibility index (Phi) is 3.14. The van der Waals surface area contributed by atoms with Gasteiger partial charge < -0.3 is 0 Å². The Hall–Kier alpha value is -0.990. The van der Waals surface area contributed by atoms with Crippen LogP contribution < -0.4 is 0 Å². The lowest BCUT2D eigenvalue weighted by atomic mass is 10.1. The fourth-order valence-corrected chi connectivity index (χ4v) is 1.33. The third-order valence-corrected chi connectivity index (χ3v) is 2.11. The van der Waals surface area contributed by atoms with Crippen molar-refractivity contribution in [3.63, 3.8) is 0 Å². The van der Waals surface area contributed by atoms with E-state index in [-0.39, 0.29) is 0 Å². The summed E-state index contributed by atoms with van der Waals surface area (Å²) in [4.78, 5) is 2.71. The number of hydrogen-bond acceptors (Lipinski definition) is 1. The van der Waals surface area contributed by atoms with Gasteiger partial charge in [0.2, 0.25) is 0 Å². The summed E-state index contributed by atoms with van der Waals surface area (Å²) >= 11 is 3.35. The second-order valence-electron chi connectivity index (χ2n) is 2.46. The van der Waals surface area contributed by atoms with Gasteiger partial charge in [-0.1, -0.05) is 27.1 Å². The summed E-state index contributed by atoms with van der Waals surface area (Å²) in [5.74, 6) is 0. The van der Waals surface area contributed by atoms with Crippen LogP contribution in [0.5, 0.6) is 0 Å². The number of nitrogens with zero attached hydrogens (tertiary/aromatic N) is 3. The molecule has 0 saturated carbocycles. The van der Waals surface area contributed by atoms with Crippen LogP contribution in [0, 0.1) is 6.92 Å². The average molecular weight is 226 g/mol. The lowest BCUT2D eigenvalue weighted by Crippen LogP contribution is -1.85. The molecule has 1 rings (SSSR count). The van der Waals surface area contributed by atoms with Crippen molar-refractivity contribution >= 4 is 15.9 Å². The van der Waals surface area contributed by atoms with Crippen LogP contribution in [0.15, 0.2) is 27.8 Å². The molecule has 0 bridgehead atoms. The van der Waals surface area contributed by atoms with E-state index in [0.29, 0.717) is 6.54 Å². The Morgan fingerprint density at radius 3 is 3.00 bits per heavy atom. The first-order chi connectivity index (χ1) is 5.74. The minimum Gasteiger partial charge on any atom is -0.0893 e. The van der Waals surface area contributed by atoms with Crippen molar-refractivity contribution in [2.24, 2.45) is 5.11 Å². The zero-order chi connectivity index (χ0) is 8.97. The fraction of sp³-hybridized carbons (Fsp3) is 0.250. The van der Waals surface area contributed by atoms with Gasteiger partial charge in [-0.25, -0.2) is 0 Å². The van der Waals surface area contributed by atoms with Gasteiger partial charge in [0.25, 0.3) is 0 Å². The Morgan fingerprint density at radius 2 is 2.33 bits per heavy atom. The molecule has 0 fully saturated rings. The van der Waals surface area contributed by atoms with Crippen LogP contribution >= 0.6 is 15.9 Å². The van der Waals surface area contributed by atoms with Crippen molar-refractivity contribution in [1.29, 1.82) is 0 Å². The quantitative estimate of drug-likeness (QED) is 0.420. The van der Waals surface area contributed by atoms with Crippen molar-refractivity contribution in [2.45, 2.75) is 13.5 Å². The van der Waals surface area contributed by atoms with Crippen molar-refractivity contribution < 1.29 is 0 Å². The molecule has 0 aliphatic heterocycles. The van der Waals surface area contributed by atoms with E-state index in [4.69, 9.17) is 5.53 Å². The number of halogens is 1. The van der Waals surface area contributed by atoms with Crippen molar-refractivity contribution in [3.8, 4) is 0 Å². The summed E-state index contributed by atoms with van der Waals surface area (Å²) in [6, 6.07) is 5.92. The molecule has 0 atom stereocenters.